The second-order valence-electron chi connectivity index (χ2n) is 7.18. The molecule has 0 fully saturated rings. The van der Waals surface area contributed by atoms with Gasteiger partial charge in [0.1, 0.15) is 0 Å². The van der Waals surface area contributed by atoms with Crippen LogP contribution in [0.15, 0.2) is 24.3 Å². The molecule has 0 aliphatic heterocycles. The predicted octanol–water partition coefficient (Wildman–Crippen LogP) is 6.11. The van der Waals surface area contributed by atoms with Crippen molar-refractivity contribution in [3.05, 3.63) is 24.3 Å². The third kappa shape index (κ3) is 8.19. The number of hydrogen-bond acceptors (Lipinski definition) is 4. The Hall–Kier alpha value is -2.88. The van der Waals surface area contributed by atoms with E-state index < -0.39 is 71.4 Å². The summed E-state index contributed by atoms with van der Waals surface area (Å²) in [4.78, 5) is 39.2. The first-order valence-electron chi connectivity index (χ1n) is 9.47. The maximum Gasteiger partial charge on any atom is 0.460 e. The Balaban J connectivity index is -0.000000609. The van der Waals surface area contributed by atoms with Gasteiger partial charge in [-0.2, -0.15) is 70.2 Å². The van der Waals surface area contributed by atoms with Crippen molar-refractivity contribution in [1.29, 1.82) is 0 Å². The maximum atomic E-state index is 12.8. The van der Waals surface area contributed by atoms with E-state index in [2.05, 4.69) is 24.3 Å². The first kappa shape index (κ1) is 44.6. The molecule has 0 bridgehead atoms. The van der Waals surface area contributed by atoms with Gasteiger partial charge in [0.05, 0.1) is 0 Å². The van der Waals surface area contributed by atoms with E-state index in [9.17, 15) is 98.2 Å². The van der Waals surface area contributed by atoms with Gasteiger partial charge in [0, 0.05) is 19.5 Å². The minimum atomic E-state index is -7.27. The van der Waals surface area contributed by atoms with Gasteiger partial charge in [0.25, 0.3) is 0 Å². The van der Waals surface area contributed by atoms with E-state index in [1.807, 2.05) is 0 Å². The summed E-state index contributed by atoms with van der Waals surface area (Å²) in [6.07, 6.45) is -3.20. The summed E-state index contributed by atoms with van der Waals surface area (Å²) in [6, 6.07) is -8.38. The van der Waals surface area contributed by atoms with Crippen molar-refractivity contribution in [2.75, 3.05) is 0 Å². The first-order chi connectivity index (χ1) is 18.3. The van der Waals surface area contributed by atoms with Crippen LogP contribution < -0.4 is 0 Å². The van der Waals surface area contributed by atoms with Gasteiger partial charge in [-0.25, -0.2) is 18.4 Å². The average Bonchev–Trinajstić information content (AvgIpc) is 2.82. The molecule has 0 aromatic carbocycles. The number of alkyl halides is 16. The zero-order chi connectivity index (χ0) is 34.6. The van der Waals surface area contributed by atoms with E-state index in [1.165, 1.54) is 0 Å². The summed E-state index contributed by atoms with van der Waals surface area (Å²) in [5.74, 6) is -36.5. The van der Waals surface area contributed by atoms with Crippen molar-refractivity contribution in [2.24, 2.45) is 0 Å². The van der Waals surface area contributed by atoms with E-state index in [0.717, 1.165) is 12.8 Å². The van der Waals surface area contributed by atoms with Crippen LogP contribution in [0.1, 0.15) is 12.8 Å². The molecule has 1 rings (SSSR count). The molecule has 0 aromatic heterocycles. The average molecular weight is 765 g/mol. The van der Waals surface area contributed by atoms with Crippen molar-refractivity contribution in [1.82, 2.24) is 0 Å². The van der Waals surface area contributed by atoms with Crippen LogP contribution >= 0.6 is 0 Å². The van der Waals surface area contributed by atoms with Crippen molar-refractivity contribution in [3.63, 3.8) is 0 Å². The fourth-order valence-corrected chi connectivity index (χ4v) is 2.01. The van der Waals surface area contributed by atoms with Crippen molar-refractivity contribution in [3.8, 4) is 0 Å². The minimum absolute atomic E-state index is 0. The number of aliphatic carboxylic acids is 2. The quantitative estimate of drug-likeness (QED) is 0.102. The molecule has 2 atom stereocenters. The van der Waals surface area contributed by atoms with E-state index in [-0.39, 0.29) is 19.5 Å². The number of rotatable bonds is 8. The fraction of sp³-hybridized carbons (Fsp3) is 0.556. The van der Waals surface area contributed by atoms with Crippen LogP contribution in [0.4, 0.5) is 79.0 Å². The SMILES string of the molecule is C1=CCC=CC1.O=C(O)C(F)(C(=O)F)C(F)(F)C(F)(F)C(F)(F)F.O=C(O)C(F)(C(=O)F)C(F)(F)C(F)(F)C(F)(F)F.[Ru]. The molecule has 0 amide bonds. The van der Waals surface area contributed by atoms with Gasteiger partial charge in [-0.15, -0.1) is 0 Å². The van der Waals surface area contributed by atoms with E-state index in [1.54, 1.807) is 0 Å². The monoisotopic (exact) mass is 766 g/mol. The second-order valence-corrected chi connectivity index (χ2v) is 7.18. The minimum Gasteiger partial charge on any atom is -0.478 e. The summed E-state index contributed by atoms with van der Waals surface area (Å²) < 4.78 is 218. The summed E-state index contributed by atoms with van der Waals surface area (Å²) in [7, 11) is 0. The zero-order valence-corrected chi connectivity index (χ0v) is 21.1. The molecule has 43 heavy (non-hydrogen) atoms. The molecular weight excluding hydrogens is 755 g/mol. The molecule has 0 heterocycles. The molecule has 1 aliphatic carbocycles. The Morgan fingerprint density at radius 3 is 0.721 bits per heavy atom. The Bertz CT molecular complexity index is 959. The van der Waals surface area contributed by atoms with Gasteiger partial charge in [-0.05, 0) is 12.8 Å². The van der Waals surface area contributed by atoms with Gasteiger partial charge in [0.2, 0.25) is 0 Å². The van der Waals surface area contributed by atoms with Crippen LogP contribution in [-0.4, -0.2) is 81.6 Å². The van der Waals surface area contributed by atoms with Gasteiger partial charge >= 0.3 is 71.4 Å². The van der Waals surface area contributed by atoms with Gasteiger partial charge < -0.3 is 10.2 Å². The van der Waals surface area contributed by atoms with Crippen molar-refractivity contribution < 1.29 is 128 Å². The van der Waals surface area contributed by atoms with Crippen LogP contribution in [0.5, 0.6) is 0 Å². The number of hydrogen-bond donors (Lipinski definition) is 2. The number of carboxylic acid groups (broad SMARTS) is 2. The summed E-state index contributed by atoms with van der Waals surface area (Å²) in [5.41, 5.74) is -12.7. The molecule has 6 nitrogen and oxygen atoms in total. The Labute approximate surface area is 237 Å². The smallest absolute Gasteiger partial charge is 0.460 e. The van der Waals surface area contributed by atoms with Crippen LogP contribution in [0.25, 0.3) is 0 Å². The van der Waals surface area contributed by atoms with Gasteiger partial charge in [0.15, 0.2) is 0 Å². The Morgan fingerprint density at radius 2 is 0.628 bits per heavy atom. The second kappa shape index (κ2) is 14.3. The molecule has 252 valence electrons. The molecule has 2 unspecified atom stereocenters. The summed E-state index contributed by atoms with van der Waals surface area (Å²) >= 11 is 0. The van der Waals surface area contributed by atoms with Crippen molar-refractivity contribution >= 4 is 24.0 Å². The molecule has 0 aromatic rings. The van der Waals surface area contributed by atoms with Gasteiger partial charge in [-0.3, -0.25) is 9.59 Å². The van der Waals surface area contributed by atoms with Crippen molar-refractivity contribution in [2.45, 2.75) is 60.2 Å². The largest absolute Gasteiger partial charge is 0.478 e. The predicted molar refractivity (Wildman–Crippen MR) is 94.6 cm³/mol. The topological polar surface area (TPSA) is 109 Å². The molecule has 25 heteroatoms. The number of allylic oxidation sites excluding steroid dienone is 4. The number of halogens is 18. The third-order valence-corrected chi connectivity index (χ3v) is 4.37. The van der Waals surface area contributed by atoms with Crippen LogP contribution in [0.3, 0.4) is 0 Å². The maximum absolute atomic E-state index is 12.8. The fourth-order valence-electron chi connectivity index (χ4n) is 2.01. The number of carbonyl (C=O) groups excluding carboxylic acids is 2. The van der Waals surface area contributed by atoms with E-state index in [0.29, 0.717) is 0 Å². The molecular formula is C18H10F18O6Ru. The zero-order valence-electron chi connectivity index (χ0n) is 19.4. The Kier molecular flexibility index (Phi) is 14.8. The third-order valence-electron chi connectivity index (χ3n) is 4.37. The molecule has 0 saturated heterocycles. The Morgan fingerprint density at radius 1 is 0.442 bits per heavy atom. The normalized spacial score (nSPS) is 17.0. The van der Waals surface area contributed by atoms with E-state index in [4.69, 9.17) is 10.2 Å². The summed E-state index contributed by atoms with van der Waals surface area (Å²) in [5, 5.41) is 15.5. The number of carboxylic acids is 2. The number of carbonyl (C=O) groups is 4. The van der Waals surface area contributed by atoms with Gasteiger partial charge in [-0.1, -0.05) is 24.3 Å². The molecule has 0 spiro atoms. The van der Waals surface area contributed by atoms with Crippen LogP contribution in [0, 0.1) is 0 Å². The molecule has 2 N–H and O–H groups in total. The van der Waals surface area contributed by atoms with Crippen LogP contribution in [-0.2, 0) is 38.7 Å². The summed E-state index contributed by atoms with van der Waals surface area (Å²) in [6.45, 7) is 0. The van der Waals surface area contributed by atoms with Crippen LogP contribution in [0.2, 0.25) is 0 Å². The van der Waals surface area contributed by atoms with E-state index >= 15 is 0 Å². The standard InChI is InChI=1S/2C6HF9O3.C6H8.Ru/c2*7-1(16)3(8,2(17)18)4(9,10)5(11,12)6(13,14)15;1-2-4-6-5-3-1;/h2*(H,17,18);1-2,5-6H,3-4H2;. The molecule has 1 aliphatic rings. The first-order valence-corrected chi connectivity index (χ1v) is 9.47. The molecule has 0 radical (unpaired) electrons. The molecule has 0 saturated carbocycles.